The van der Waals surface area contributed by atoms with Crippen LogP contribution in [0.2, 0.25) is 0 Å². The lowest BCUT2D eigenvalue weighted by molar-refractivity contribution is 0.0612. The number of hydrogen-bond acceptors (Lipinski definition) is 2. The number of benzene rings is 1. The molecule has 0 radical (unpaired) electrons. The minimum Gasteiger partial charge on any atom is -0.394 e. The Bertz CT molecular complexity index is 374. The SMILES string of the molecule is CC1(C)CCCC(CO)(NCc2ccccc2)C1. The first kappa shape index (κ1) is 13.6. The Labute approximate surface area is 110 Å². The zero-order valence-corrected chi connectivity index (χ0v) is 11.6. The van der Waals surface area contributed by atoms with E-state index in [-0.39, 0.29) is 12.1 Å². The molecule has 1 aromatic rings. The third-order valence-electron chi connectivity index (χ3n) is 4.14. The minimum atomic E-state index is -0.0857. The summed E-state index contributed by atoms with van der Waals surface area (Å²) in [4.78, 5) is 0. The van der Waals surface area contributed by atoms with Gasteiger partial charge in [-0.15, -0.1) is 0 Å². The summed E-state index contributed by atoms with van der Waals surface area (Å²) >= 11 is 0. The van der Waals surface area contributed by atoms with E-state index in [1.807, 2.05) is 6.07 Å². The van der Waals surface area contributed by atoms with E-state index < -0.39 is 0 Å². The summed E-state index contributed by atoms with van der Waals surface area (Å²) in [5.74, 6) is 0. The van der Waals surface area contributed by atoms with E-state index in [9.17, 15) is 5.11 Å². The molecule has 0 spiro atoms. The van der Waals surface area contributed by atoms with Gasteiger partial charge in [0.05, 0.1) is 6.61 Å². The summed E-state index contributed by atoms with van der Waals surface area (Å²) in [6.07, 6.45) is 4.61. The van der Waals surface area contributed by atoms with Crippen molar-refractivity contribution >= 4 is 0 Å². The van der Waals surface area contributed by atoms with Gasteiger partial charge in [-0.25, -0.2) is 0 Å². The Morgan fingerprint density at radius 3 is 2.50 bits per heavy atom. The fourth-order valence-corrected chi connectivity index (χ4v) is 3.23. The molecule has 1 atom stereocenters. The van der Waals surface area contributed by atoms with Crippen molar-refractivity contribution in [1.29, 1.82) is 0 Å². The first-order chi connectivity index (χ1) is 8.55. The maximum Gasteiger partial charge on any atom is 0.0613 e. The Hall–Kier alpha value is -0.860. The Kier molecular flexibility index (Phi) is 4.08. The lowest BCUT2D eigenvalue weighted by Gasteiger charge is -2.44. The zero-order chi connectivity index (χ0) is 13.1. The molecule has 0 aromatic heterocycles. The van der Waals surface area contributed by atoms with Crippen LogP contribution in [-0.4, -0.2) is 17.3 Å². The molecule has 18 heavy (non-hydrogen) atoms. The van der Waals surface area contributed by atoms with Crippen LogP contribution < -0.4 is 5.32 Å². The number of rotatable bonds is 4. The van der Waals surface area contributed by atoms with Crippen molar-refractivity contribution in [2.75, 3.05) is 6.61 Å². The van der Waals surface area contributed by atoms with Crippen LogP contribution in [0.4, 0.5) is 0 Å². The van der Waals surface area contributed by atoms with Gasteiger partial charge >= 0.3 is 0 Å². The van der Waals surface area contributed by atoms with Gasteiger partial charge in [0.2, 0.25) is 0 Å². The second-order valence-corrected chi connectivity index (χ2v) is 6.47. The van der Waals surface area contributed by atoms with Gasteiger partial charge in [-0.05, 0) is 30.2 Å². The fourth-order valence-electron chi connectivity index (χ4n) is 3.23. The van der Waals surface area contributed by atoms with E-state index in [0.29, 0.717) is 5.41 Å². The maximum absolute atomic E-state index is 9.79. The summed E-state index contributed by atoms with van der Waals surface area (Å²) in [6.45, 7) is 5.70. The van der Waals surface area contributed by atoms with Crippen LogP contribution >= 0.6 is 0 Å². The van der Waals surface area contributed by atoms with E-state index >= 15 is 0 Å². The van der Waals surface area contributed by atoms with Crippen molar-refractivity contribution in [2.24, 2.45) is 5.41 Å². The van der Waals surface area contributed by atoms with Crippen molar-refractivity contribution in [2.45, 2.75) is 51.6 Å². The molecular formula is C16H25NO. The summed E-state index contributed by atoms with van der Waals surface area (Å²) < 4.78 is 0. The van der Waals surface area contributed by atoms with Gasteiger partial charge in [0, 0.05) is 12.1 Å². The van der Waals surface area contributed by atoms with Gasteiger partial charge in [0.25, 0.3) is 0 Å². The Balaban J connectivity index is 2.00. The standard InChI is InChI=1S/C16H25NO/c1-15(2)9-6-10-16(12-15,13-18)17-11-14-7-4-3-5-8-14/h3-5,7-8,17-18H,6,9-13H2,1-2H3. The Morgan fingerprint density at radius 2 is 1.89 bits per heavy atom. The molecule has 1 unspecified atom stereocenters. The second-order valence-electron chi connectivity index (χ2n) is 6.47. The predicted octanol–water partition coefficient (Wildman–Crippen LogP) is 3.11. The highest BCUT2D eigenvalue weighted by atomic mass is 16.3. The van der Waals surface area contributed by atoms with Crippen LogP contribution in [0.1, 0.15) is 45.1 Å². The molecule has 2 rings (SSSR count). The van der Waals surface area contributed by atoms with Gasteiger partial charge in [-0.2, -0.15) is 0 Å². The minimum absolute atomic E-state index is 0.0857. The van der Waals surface area contributed by atoms with Crippen LogP contribution in [-0.2, 0) is 6.54 Å². The van der Waals surface area contributed by atoms with E-state index in [0.717, 1.165) is 19.4 Å². The topological polar surface area (TPSA) is 32.3 Å². The van der Waals surface area contributed by atoms with Gasteiger partial charge < -0.3 is 10.4 Å². The zero-order valence-electron chi connectivity index (χ0n) is 11.6. The number of nitrogens with one attached hydrogen (secondary N) is 1. The summed E-state index contributed by atoms with van der Waals surface area (Å²) in [5.41, 5.74) is 1.54. The normalized spacial score (nSPS) is 27.1. The van der Waals surface area contributed by atoms with E-state index in [1.165, 1.54) is 18.4 Å². The monoisotopic (exact) mass is 247 g/mol. The van der Waals surface area contributed by atoms with Crippen LogP contribution in [0.5, 0.6) is 0 Å². The molecule has 2 nitrogen and oxygen atoms in total. The third kappa shape index (κ3) is 3.33. The van der Waals surface area contributed by atoms with Crippen molar-refractivity contribution in [1.82, 2.24) is 5.32 Å². The van der Waals surface area contributed by atoms with Gasteiger partial charge in [0.1, 0.15) is 0 Å². The smallest absolute Gasteiger partial charge is 0.0613 e. The van der Waals surface area contributed by atoms with Crippen LogP contribution in [0, 0.1) is 5.41 Å². The molecule has 2 N–H and O–H groups in total. The second kappa shape index (κ2) is 5.41. The summed E-state index contributed by atoms with van der Waals surface area (Å²) in [6, 6.07) is 10.4. The molecule has 0 amide bonds. The van der Waals surface area contributed by atoms with Crippen LogP contribution in [0.25, 0.3) is 0 Å². The predicted molar refractivity (Wildman–Crippen MR) is 75.3 cm³/mol. The summed E-state index contributed by atoms with van der Waals surface area (Å²) in [7, 11) is 0. The highest BCUT2D eigenvalue weighted by Gasteiger charge is 2.39. The average molecular weight is 247 g/mol. The van der Waals surface area contributed by atoms with E-state index in [1.54, 1.807) is 0 Å². The van der Waals surface area contributed by atoms with Crippen molar-refractivity contribution in [3.8, 4) is 0 Å². The maximum atomic E-state index is 9.79. The molecule has 0 aliphatic heterocycles. The largest absolute Gasteiger partial charge is 0.394 e. The third-order valence-corrected chi connectivity index (χ3v) is 4.14. The van der Waals surface area contributed by atoms with Gasteiger partial charge in [-0.1, -0.05) is 50.6 Å². The molecule has 0 saturated heterocycles. The van der Waals surface area contributed by atoms with Crippen LogP contribution in [0.15, 0.2) is 30.3 Å². The molecular weight excluding hydrogens is 222 g/mol. The molecule has 1 saturated carbocycles. The lowest BCUT2D eigenvalue weighted by atomic mass is 9.68. The Morgan fingerprint density at radius 1 is 1.17 bits per heavy atom. The molecule has 0 heterocycles. The first-order valence-corrected chi connectivity index (χ1v) is 6.95. The first-order valence-electron chi connectivity index (χ1n) is 6.95. The molecule has 1 aliphatic rings. The highest BCUT2D eigenvalue weighted by molar-refractivity contribution is 5.15. The van der Waals surface area contributed by atoms with Crippen molar-refractivity contribution in [3.63, 3.8) is 0 Å². The van der Waals surface area contributed by atoms with Gasteiger partial charge in [-0.3, -0.25) is 0 Å². The number of aliphatic hydroxyl groups is 1. The average Bonchev–Trinajstić information content (AvgIpc) is 2.37. The fraction of sp³-hybridized carbons (Fsp3) is 0.625. The number of aliphatic hydroxyl groups excluding tert-OH is 1. The molecule has 100 valence electrons. The van der Waals surface area contributed by atoms with Crippen molar-refractivity contribution < 1.29 is 5.11 Å². The molecule has 1 aromatic carbocycles. The summed E-state index contributed by atoms with van der Waals surface area (Å²) in [5, 5.41) is 13.4. The lowest BCUT2D eigenvalue weighted by Crippen LogP contribution is -2.53. The quantitative estimate of drug-likeness (QED) is 0.857. The van der Waals surface area contributed by atoms with E-state index in [4.69, 9.17) is 0 Å². The molecule has 1 aliphatic carbocycles. The number of hydrogen-bond donors (Lipinski definition) is 2. The molecule has 2 heteroatoms. The highest BCUT2D eigenvalue weighted by Crippen LogP contribution is 2.40. The molecule has 0 bridgehead atoms. The molecule has 1 fully saturated rings. The van der Waals surface area contributed by atoms with Crippen LogP contribution in [0.3, 0.4) is 0 Å². The van der Waals surface area contributed by atoms with Gasteiger partial charge in [0.15, 0.2) is 0 Å². The van der Waals surface area contributed by atoms with Crippen molar-refractivity contribution in [3.05, 3.63) is 35.9 Å². The van der Waals surface area contributed by atoms with E-state index in [2.05, 4.69) is 43.4 Å².